The molecule has 0 radical (unpaired) electrons. The van der Waals surface area contributed by atoms with Gasteiger partial charge in [0.15, 0.2) is 0 Å². The Morgan fingerprint density at radius 1 is 1.20 bits per heavy atom. The molecule has 0 aliphatic carbocycles. The van der Waals surface area contributed by atoms with Gasteiger partial charge in [-0.25, -0.2) is 4.39 Å². The van der Waals surface area contributed by atoms with Crippen LogP contribution < -0.4 is 9.47 Å². The van der Waals surface area contributed by atoms with Crippen molar-refractivity contribution in [1.82, 2.24) is 0 Å². The van der Waals surface area contributed by atoms with Gasteiger partial charge >= 0.3 is 0 Å². The summed E-state index contributed by atoms with van der Waals surface area (Å²) < 4.78 is 24.3. The van der Waals surface area contributed by atoms with Crippen LogP contribution in [0.1, 0.15) is 11.1 Å². The van der Waals surface area contributed by atoms with Gasteiger partial charge in [-0.3, -0.25) is 0 Å². The van der Waals surface area contributed by atoms with Gasteiger partial charge < -0.3 is 9.47 Å². The summed E-state index contributed by atoms with van der Waals surface area (Å²) in [5.74, 6) is 1.02. The quantitative estimate of drug-likeness (QED) is 0.847. The summed E-state index contributed by atoms with van der Waals surface area (Å²) in [4.78, 5) is 0. The molecule has 0 fully saturated rings. The van der Waals surface area contributed by atoms with Crippen molar-refractivity contribution >= 4 is 11.6 Å². The highest BCUT2D eigenvalue weighted by Crippen LogP contribution is 2.26. The fraction of sp³-hybridized carbons (Fsp3) is 0.250. The van der Waals surface area contributed by atoms with Crippen molar-refractivity contribution in [2.24, 2.45) is 0 Å². The molecule has 3 rings (SSSR count). The predicted molar refractivity (Wildman–Crippen MR) is 76.3 cm³/mol. The molecule has 0 N–H and O–H groups in total. The lowest BCUT2D eigenvalue weighted by Crippen LogP contribution is -2.02. The zero-order chi connectivity index (χ0) is 13.9. The standard InChI is InChI=1S/C16H14ClFO2/c17-14-3-2-13(10-15(14)18)19-7-5-11-1-4-16-12(9-11)6-8-20-16/h1-4,9-10H,5-8H2. The first-order chi connectivity index (χ1) is 9.72. The summed E-state index contributed by atoms with van der Waals surface area (Å²) >= 11 is 5.62. The lowest BCUT2D eigenvalue weighted by Gasteiger charge is -2.08. The number of rotatable bonds is 4. The second-order valence-corrected chi connectivity index (χ2v) is 5.12. The van der Waals surface area contributed by atoms with Gasteiger partial charge in [-0.05, 0) is 29.3 Å². The van der Waals surface area contributed by atoms with E-state index in [4.69, 9.17) is 21.1 Å². The first kappa shape index (κ1) is 13.3. The molecule has 0 bridgehead atoms. The molecule has 0 atom stereocenters. The normalized spacial score (nSPS) is 12.9. The molecule has 4 heteroatoms. The van der Waals surface area contributed by atoms with Crippen LogP contribution in [0.3, 0.4) is 0 Å². The minimum atomic E-state index is -0.459. The van der Waals surface area contributed by atoms with E-state index in [9.17, 15) is 4.39 Å². The van der Waals surface area contributed by atoms with E-state index >= 15 is 0 Å². The third-order valence-corrected chi connectivity index (χ3v) is 3.61. The fourth-order valence-corrected chi connectivity index (χ4v) is 2.37. The van der Waals surface area contributed by atoms with E-state index in [0.29, 0.717) is 12.4 Å². The van der Waals surface area contributed by atoms with Gasteiger partial charge in [0.25, 0.3) is 0 Å². The van der Waals surface area contributed by atoms with Crippen LogP contribution >= 0.6 is 11.6 Å². The number of hydrogen-bond acceptors (Lipinski definition) is 2. The van der Waals surface area contributed by atoms with E-state index < -0.39 is 5.82 Å². The fourth-order valence-electron chi connectivity index (χ4n) is 2.25. The lowest BCUT2D eigenvalue weighted by atomic mass is 10.1. The minimum Gasteiger partial charge on any atom is -0.493 e. The summed E-state index contributed by atoms with van der Waals surface area (Å²) in [5, 5.41) is 0.107. The third kappa shape index (κ3) is 2.88. The van der Waals surface area contributed by atoms with Crippen LogP contribution in [0.5, 0.6) is 11.5 Å². The number of ether oxygens (including phenoxy) is 2. The van der Waals surface area contributed by atoms with E-state index in [1.807, 2.05) is 12.1 Å². The first-order valence-electron chi connectivity index (χ1n) is 6.55. The SMILES string of the molecule is Fc1cc(OCCc2ccc3c(c2)CCO3)ccc1Cl. The molecule has 0 amide bonds. The highest BCUT2D eigenvalue weighted by atomic mass is 35.5. The van der Waals surface area contributed by atoms with E-state index in [2.05, 4.69) is 6.07 Å². The molecule has 2 aromatic carbocycles. The average Bonchev–Trinajstić information content (AvgIpc) is 2.90. The number of halogens is 2. The Balaban J connectivity index is 1.58. The smallest absolute Gasteiger partial charge is 0.145 e. The molecule has 20 heavy (non-hydrogen) atoms. The van der Waals surface area contributed by atoms with Crippen LogP contribution in [0.4, 0.5) is 4.39 Å². The topological polar surface area (TPSA) is 18.5 Å². The Hall–Kier alpha value is -1.74. The molecule has 2 nitrogen and oxygen atoms in total. The van der Waals surface area contributed by atoms with Gasteiger partial charge in [-0.15, -0.1) is 0 Å². The van der Waals surface area contributed by atoms with Gasteiger partial charge in [0.1, 0.15) is 17.3 Å². The molecule has 104 valence electrons. The zero-order valence-corrected chi connectivity index (χ0v) is 11.6. The molecule has 1 aliphatic rings. The van der Waals surface area contributed by atoms with Gasteiger partial charge in [-0.1, -0.05) is 23.7 Å². The monoisotopic (exact) mass is 292 g/mol. The van der Waals surface area contributed by atoms with E-state index in [1.54, 1.807) is 6.07 Å². The minimum absolute atomic E-state index is 0.107. The Kier molecular flexibility index (Phi) is 3.79. The largest absolute Gasteiger partial charge is 0.493 e. The number of benzene rings is 2. The molecule has 0 unspecified atom stereocenters. The number of fused-ring (bicyclic) bond motifs is 1. The highest BCUT2D eigenvalue weighted by Gasteiger charge is 2.11. The van der Waals surface area contributed by atoms with Gasteiger partial charge in [0.2, 0.25) is 0 Å². The van der Waals surface area contributed by atoms with Gasteiger partial charge in [0, 0.05) is 18.9 Å². The first-order valence-corrected chi connectivity index (χ1v) is 6.92. The lowest BCUT2D eigenvalue weighted by molar-refractivity contribution is 0.320. The van der Waals surface area contributed by atoms with E-state index in [-0.39, 0.29) is 5.02 Å². The molecule has 0 aromatic heterocycles. The van der Waals surface area contributed by atoms with Crippen LogP contribution in [0, 0.1) is 5.82 Å². The molecule has 1 aliphatic heterocycles. The van der Waals surface area contributed by atoms with Crippen LogP contribution in [0.25, 0.3) is 0 Å². The summed E-state index contributed by atoms with van der Waals surface area (Å²) in [6.07, 6.45) is 1.74. The second kappa shape index (κ2) is 5.71. The van der Waals surface area contributed by atoms with Crippen molar-refractivity contribution in [3.63, 3.8) is 0 Å². The molecule has 2 aromatic rings. The van der Waals surface area contributed by atoms with Crippen molar-refractivity contribution < 1.29 is 13.9 Å². The van der Waals surface area contributed by atoms with E-state index in [1.165, 1.54) is 23.3 Å². The Morgan fingerprint density at radius 3 is 2.95 bits per heavy atom. The predicted octanol–water partition coefficient (Wildman–Crippen LogP) is 4.04. The third-order valence-electron chi connectivity index (χ3n) is 3.30. The van der Waals surface area contributed by atoms with Crippen LogP contribution in [-0.2, 0) is 12.8 Å². The molecule has 0 spiro atoms. The Bertz CT molecular complexity index is 628. The van der Waals surface area contributed by atoms with Crippen LogP contribution in [-0.4, -0.2) is 13.2 Å². The summed E-state index contributed by atoms with van der Waals surface area (Å²) in [5.41, 5.74) is 2.45. The molecule has 0 saturated carbocycles. The molecular formula is C16H14ClFO2. The molecular weight excluding hydrogens is 279 g/mol. The Morgan fingerprint density at radius 2 is 2.10 bits per heavy atom. The van der Waals surface area contributed by atoms with Crippen molar-refractivity contribution in [3.05, 3.63) is 58.4 Å². The zero-order valence-electron chi connectivity index (χ0n) is 10.9. The van der Waals surface area contributed by atoms with E-state index in [0.717, 1.165) is 25.2 Å². The van der Waals surface area contributed by atoms with Crippen LogP contribution in [0.2, 0.25) is 5.02 Å². The van der Waals surface area contributed by atoms with Crippen LogP contribution in [0.15, 0.2) is 36.4 Å². The molecule has 0 saturated heterocycles. The maximum absolute atomic E-state index is 13.3. The van der Waals surface area contributed by atoms with Crippen molar-refractivity contribution in [2.45, 2.75) is 12.8 Å². The maximum Gasteiger partial charge on any atom is 0.145 e. The van der Waals surface area contributed by atoms with Crippen molar-refractivity contribution in [2.75, 3.05) is 13.2 Å². The number of hydrogen-bond donors (Lipinski definition) is 0. The highest BCUT2D eigenvalue weighted by molar-refractivity contribution is 6.30. The van der Waals surface area contributed by atoms with Gasteiger partial charge in [0.05, 0.1) is 18.2 Å². The Labute approximate surface area is 122 Å². The summed E-state index contributed by atoms with van der Waals surface area (Å²) in [6, 6.07) is 10.7. The van der Waals surface area contributed by atoms with Crippen molar-refractivity contribution in [3.8, 4) is 11.5 Å². The maximum atomic E-state index is 13.3. The average molecular weight is 293 g/mol. The second-order valence-electron chi connectivity index (χ2n) is 4.71. The summed E-state index contributed by atoms with van der Waals surface area (Å²) in [7, 11) is 0. The van der Waals surface area contributed by atoms with Gasteiger partial charge in [-0.2, -0.15) is 0 Å². The van der Waals surface area contributed by atoms with Crippen molar-refractivity contribution in [1.29, 1.82) is 0 Å². The molecule has 1 heterocycles. The summed E-state index contributed by atoms with van der Waals surface area (Å²) in [6.45, 7) is 1.26.